The molecule has 4 rings (SSSR count). The van der Waals surface area contributed by atoms with Gasteiger partial charge in [-0.1, -0.05) is 47.1 Å². The Balaban J connectivity index is 1.40. The third-order valence-corrected chi connectivity index (χ3v) is 5.75. The van der Waals surface area contributed by atoms with E-state index in [-0.39, 0.29) is 11.7 Å². The summed E-state index contributed by atoms with van der Waals surface area (Å²) in [6, 6.07) is 12.6. The smallest absolute Gasteiger partial charge is 0.277 e. The van der Waals surface area contributed by atoms with E-state index >= 15 is 0 Å². The number of nitrogens with zero attached hydrogens (tertiary/aromatic N) is 3. The van der Waals surface area contributed by atoms with Gasteiger partial charge in [-0.3, -0.25) is 4.79 Å². The number of nitrogens with one attached hydrogen (secondary N) is 1. The predicted octanol–water partition coefficient (Wildman–Crippen LogP) is 4.61. The summed E-state index contributed by atoms with van der Waals surface area (Å²) >= 11 is 13.6. The fourth-order valence-corrected chi connectivity index (χ4v) is 4.09. The van der Waals surface area contributed by atoms with Gasteiger partial charge in [0.1, 0.15) is 0 Å². The lowest BCUT2D eigenvalue weighted by molar-refractivity contribution is -0.113. The van der Waals surface area contributed by atoms with E-state index < -0.39 is 0 Å². The summed E-state index contributed by atoms with van der Waals surface area (Å²) in [5, 5.41) is 12.4. The van der Waals surface area contributed by atoms with E-state index in [0.717, 1.165) is 36.1 Å². The number of carbonyl (C=O) groups is 1. The molecule has 0 aliphatic carbocycles. The highest BCUT2D eigenvalue weighted by Gasteiger charge is 2.19. The molecule has 0 saturated carbocycles. The highest BCUT2D eigenvalue weighted by molar-refractivity contribution is 7.99. The van der Waals surface area contributed by atoms with Crippen molar-refractivity contribution in [1.82, 2.24) is 10.2 Å². The molecule has 1 aliphatic heterocycles. The van der Waals surface area contributed by atoms with Crippen molar-refractivity contribution in [3.63, 3.8) is 0 Å². The molecule has 10 heteroatoms. The fourth-order valence-electron chi connectivity index (χ4n) is 3.04. The van der Waals surface area contributed by atoms with Gasteiger partial charge in [0.2, 0.25) is 11.8 Å². The first-order valence-electron chi connectivity index (χ1n) is 9.23. The van der Waals surface area contributed by atoms with Crippen LogP contribution in [0.3, 0.4) is 0 Å². The number of halogens is 2. The Bertz CT molecular complexity index is 1040. The van der Waals surface area contributed by atoms with Crippen LogP contribution in [-0.4, -0.2) is 48.2 Å². The molecule has 1 N–H and O–H groups in total. The van der Waals surface area contributed by atoms with E-state index in [0.29, 0.717) is 40.1 Å². The van der Waals surface area contributed by atoms with Crippen LogP contribution in [0.25, 0.3) is 11.5 Å². The molecule has 0 unspecified atom stereocenters. The van der Waals surface area contributed by atoms with E-state index in [1.165, 1.54) is 0 Å². The van der Waals surface area contributed by atoms with Crippen molar-refractivity contribution in [3.05, 3.63) is 52.5 Å². The van der Waals surface area contributed by atoms with Gasteiger partial charge in [-0.15, -0.1) is 10.2 Å². The van der Waals surface area contributed by atoms with Crippen LogP contribution in [0.5, 0.6) is 0 Å². The molecule has 0 spiro atoms. The van der Waals surface area contributed by atoms with Crippen LogP contribution in [0, 0.1) is 0 Å². The molecule has 7 nitrogen and oxygen atoms in total. The van der Waals surface area contributed by atoms with Crippen molar-refractivity contribution in [3.8, 4) is 11.5 Å². The molecular formula is C20H18Cl2N4O3S. The largest absolute Gasteiger partial charge is 0.411 e. The predicted molar refractivity (Wildman–Crippen MR) is 119 cm³/mol. The second-order valence-corrected chi connectivity index (χ2v) is 8.23. The molecule has 156 valence electrons. The quantitative estimate of drug-likeness (QED) is 0.533. The number of benzene rings is 2. The molecule has 0 atom stereocenters. The normalized spacial score (nSPS) is 14.0. The van der Waals surface area contributed by atoms with E-state index in [1.807, 2.05) is 24.3 Å². The van der Waals surface area contributed by atoms with Gasteiger partial charge in [-0.2, -0.15) is 0 Å². The van der Waals surface area contributed by atoms with Crippen LogP contribution >= 0.6 is 35.0 Å². The first-order valence-corrected chi connectivity index (χ1v) is 11.0. The Morgan fingerprint density at radius 2 is 1.93 bits per heavy atom. The van der Waals surface area contributed by atoms with Crippen LogP contribution in [-0.2, 0) is 9.53 Å². The van der Waals surface area contributed by atoms with Crippen molar-refractivity contribution in [2.24, 2.45) is 0 Å². The summed E-state index contributed by atoms with van der Waals surface area (Å²) in [5.74, 6) is 0.274. The van der Waals surface area contributed by atoms with Crippen molar-refractivity contribution < 1.29 is 13.9 Å². The number of ether oxygens (including phenoxy) is 1. The molecule has 1 fully saturated rings. The third-order valence-electron chi connectivity index (χ3n) is 4.39. The zero-order valence-electron chi connectivity index (χ0n) is 15.8. The highest BCUT2D eigenvalue weighted by atomic mass is 35.5. The summed E-state index contributed by atoms with van der Waals surface area (Å²) in [6.45, 7) is 2.69. The molecule has 0 bridgehead atoms. The minimum absolute atomic E-state index is 0.117. The SMILES string of the molecule is O=C(CSc1nnc(-c2cccc(Cl)c2)o1)Nc1cccc(Cl)c1N1CCOCC1. The van der Waals surface area contributed by atoms with Gasteiger partial charge < -0.3 is 19.4 Å². The third kappa shape index (κ3) is 5.07. The monoisotopic (exact) mass is 464 g/mol. The Hall–Kier alpha value is -2.26. The number of carbonyl (C=O) groups excluding carboxylic acids is 1. The van der Waals surface area contributed by atoms with Crippen molar-refractivity contribution in [1.29, 1.82) is 0 Å². The number of morpholine rings is 1. The van der Waals surface area contributed by atoms with Crippen LogP contribution in [0.2, 0.25) is 10.0 Å². The van der Waals surface area contributed by atoms with Crippen LogP contribution in [0.1, 0.15) is 0 Å². The number of hydrogen-bond acceptors (Lipinski definition) is 7. The van der Waals surface area contributed by atoms with Gasteiger partial charge in [-0.05, 0) is 30.3 Å². The van der Waals surface area contributed by atoms with E-state index in [9.17, 15) is 4.79 Å². The number of amides is 1. The lowest BCUT2D eigenvalue weighted by Crippen LogP contribution is -2.37. The molecule has 1 aliphatic rings. The highest BCUT2D eigenvalue weighted by Crippen LogP contribution is 2.34. The average Bonchev–Trinajstić information content (AvgIpc) is 3.22. The maximum Gasteiger partial charge on any atom is 0.277 e. The number of anilines is 2. The van der Waals surface area contributed by atoms with Crippen molar-refractivity contribution in [2.45, 2.75) is 5.22 Å². The van der Waals surface area contributed by atoms with Crippen LogP contribution < -0.4 is 10.2 Å². The minimum atomic E-state index is -0.195. The number of para-hydroxylation sites is 1. The molecule has 1 aromatic heterocycles. The molecule has 30 heavy (non-hydrogen) atoms. The summed E-state index contributed by atoms with van der Waals surface area (Å²) in [4.78, 5) is 14.6. The second kappa shape index (κ2) is 9.70. The second-order valence-electron chi connectivity index (χ2n) is 6.46. The zero-order chi connectivity index (χ0) is 20.9. The average molecular weight is 465 g/mol. The van der Waals surface area contributed by atoms with Crippen molar-refractivity contribution >= 4 is 52.2 Å². The van der Waals surface area contributed by atoms with Gasteiger partial charge in [0, 0.05) is 23.7 Å². The lowest BCUT2D eigenvalue weighted by atomic mass is 10.2. The first-order chi connectivity index (χ1) is 14.6. The van der Waals surface area contributed by atoms with Gasteiger partial charge in [0.25, 0.3) is 5.22 Å². The first kappa shape index (κ1) is 21.0. The van der Waals surface area contributed by atoms with Gasteiger partial charge in [0.05, 0.1) is 35.4 Å². The maximum atomic E-state index is 12.5. The molecular weight excluding hydrogens is 447 g/mol. The number of thioether (sulfide) groups is 1. The van der Waals surface area contributed by atoms with Crippen LogP contribution in [0.15, 0.2) is 52.1 Å². The molecule has 2 aromatic carbocycles. The molecule has 3 aromatic rings. The fraction of sp³-hybridized carbons (Fsp3) is 0.250. The summed E-state index contributed by atoms with van der Waals surface area (Å²) in [5.41, 5.74) is 2.20. The standard InChI is InChI=1S/C20H18Cl2N4O3S/c21-14-4-1-3-13(11-14)19-24-25-20(29-19)30-12-17(27)23-16-6-2-5-15(22)18(16)26-7-9-28-10-8-26/h1-6,11H,7-10,12H2,(H,23,27). The Morgan fingerprint density at radius 3 is 2.73 bits per heavy atom. The number of rotatable bonds is 6. The molecule has 1 amide bonds. The van der Waals surface area contributed by atoms with E-state index in [2.05, 4.69) is 20.4 Å². The molecule has 0 radical (unpaired) electrons. The van der Waals surface area contributed by atoms with E-state index in [4.69, 9.17) is 32.4 Å². The summed E-state index contributed by atoms with van der Waals surface area (Å²) < 4.78 is 11.0. The van der Waals surface area contributed by atoms with Crippen LogP contribution in [0.4, 0.5) is 11.4 Å². The van der Waals surface area contributed by atoms with Gasteiger partial charge >= 0.3 is 0 Å². The topological polar surface area (TPSA) is 80.5 Å². The molecule has 1 saturated heterocycles. The lowest BCUT2D eigenvalue weighted by Gasteiger charge is -2.31. The van der Waals surface area contributed by atoms with E-state index in [1.54, 1.807) is 18.2 Å². The Labute approximate surface area is 187 Å². The van der Waals surface area contributed by atoms with Gasteiger partial charge in [-0.25, -0.2) is 0 Å². The Morgan fingerprint density at radius 1 is 1.13 bits per heavy atom. The maximum absolute atomic E-state index is 12.5. The zero-order valence-corrected chi connectivity index (χ0v) is 18.1. The van der Waals surface area contributed by atoms with Crippen molar-refractivity contribution in [2.75, 3.05) is 42.3 Å². The summed E-state index contributed by atoms with van der Waals surface area (Å²) in [6.07, 6.45) is 0. The van der Waals surface area contributed by atoms with Gasteiger partial charge in [0.15, 0.2) is 0 Å². The molecule has 2 heterocycles. The number of aromatic nitrogens is 2. The Kier molecular flexibility index (Phi) is 6.79. The number of hydrogen-bond donors (Lipinski definition) is 1. The minimum Gasteiger partial charge on any atom is -0.411 e. The summed E-state index contributed by atoms with van der Waals surface area (Å²) in [7, 11) is 0.